The number of rotatable bonds is 5. The first kappa shape index (κ1) is 15.1. The Hall–Kier alpha value is -1.30. The predicted octanol–water partition coefficient (Wildman–Crippen LogP) is -0.001000. The molecule has 2 rings (SSSR count). The number of amides is 1. The number of aliphatic imine (C=N–C) groups is 1. The number of carbonyl (C=O) groups excluding carboxylic acids is 1. The third kappa shape index (κ3) is 5.00. The van der Waals surface area contributed by atoms with E-state index in [1.165, 1.54) is 25.7 Å². The first-order chi connectivity index (χ1) is 9.75. The smallest absolute Gasteiger partial charge is 0.241 e. The molecule has 2 aliphatic rings. The van der Waals surface area contributed by atoms with Gasteiger partial charge in [0, 0.05) is 26.2 Å². The maximum absolute atomic E-state index is 11.7. The molecule has 2 aliphatic heterocycles. The fourth-order valence-electron chi connectivity index (χ4n) is 2.57. The molecule has 0 aromatic heterocycles. The Kier molecular flexibility index (Phi) is 6.11. The fourth-order valence-corrected chi connectivity index (χ4v) is 2.57. The summed E-state index contributed by atoms with van der Waals surface area (Å²) in [6.45, 7) is 6.04. The van der Waals surface area contributed by atoms with Crippen molar-refractivity contribution in [3.63, 3.8) is 0 Å². The van der Waals surface area contributed by atoms with E-state index < -0.39 is 0 Å². The predicted molar refractivity (Wildman–Crippen MR) is 80.6 cm³/mol. The monoisotopic (exact) mass is 281 g/mol. The minimum absolute atomic E-state index is 0.0386. The van der Waals surface area contributed by atoms with Gasteiger partial charge in [0.1, 0.15) is 6.54 Å². The first-order valence-electron chi connectivity index (χ1n) is 7.79. The largest absolute Gasteiger partial charge is 0.370 e. The Morgan fingerprint density at radius 3 is 2.35 bits per heavy atom. The Morgan fingerprint density at radius 1 is 1.05 bits per heavy atom. The number of likely N-dealkylation sites (tertiary alicyclic amines) is 2. The summed E-state index contributed by atoms with van der Waals surface area (Å²) >= 11 is 0. The highest BCUT2D eigenvalue weighted by Crippen LogP contribution is 2.08. The molecule has 2 fully saturated rings. The molecular formula is C14H27N5O. The van der Waals surface area contributed by atoms with Crippen molar-refractivity contribution in [3.8, 4) is 0 Å². The summed E-state index contributed by atoms with van der Waals surface area (Å²) in [6, 6.07) is 0. The molecule has 0 saturated carbocycles. The van der Waals surface area contributed by atoms with Crippen LogP contribution in [0.1, 0.15) is 32.1 Å². The quantitative estimate of drug-likeness (QED) is 0.549. The summed E-state index contributed by atoms with van der Waals surface area (Å²) < 4.78 is 0. The van der Waals surface area contributed by atoms with Gasteiger partial charge in [-0.05, 0) is 32.4 Å². The van der Waals surface area contributed by atoms with Crippen molar-refractivity contribution < 1.29 is 4.79 Å². The van der Waals surface area contributed by atoms with E-state index >= 15 is 0 Å². The molecular weight excluding hydrogens is 254 g/mol. The average molecular weight is 281 g/mol. The zero-order chi connectivity index (χ0) is 14.2. The summed E-state index contributed by atoms with van der Waals surface area (Å²) in [5, 5.41) is 2.92. The summed E-state index contributed by atoms with van der Waals surface area (Å²) in [4.78, 5) is 20.2. The number of nitrogens with zero attached hydrogens (tertiary/aromatic N) is 3. The van der Waals surface area contributed by atoms with Gasteiger partial charge in [-0.15, -0.1) is 0 Å². The van der Waals surface area contributed by atoms with Gasteiger partial charge in [0.25, 0.3) is 0 Å². The summed E-state index contributed by atoms with van der Waals surface area (Å²) in [5.74, 6) is 0.460. The lowest BCUT2D eigenvalue weighted by atomic mass is 10.2. The van der Waals surface area contributed by atoms with Gasteiger partial charge in [0.2, 0.25) is 5.91 Å². The summed E-state index contributed by atoms with van der Waals surface area (Å²) in [7, 11) is 0. The van der Waals surface area contributed by atoms with E-state index in [0.717, 1.165) is 39.1 Å². The van der Waals surface area contributed by atoms with Crippen LogP contribution in [0, 0.1) is 0 Å². The normalized spacial score (nSPS) is 21.2. The highest BCUT2D eigenvalue weighted by molar-refractivity contribution is 5.84. The molecule has 3 N–H and O–H groups in total. The Balaban J connectivity index is 1.57. The van der Waals surface area contributed by atoms with E-state index in [-0.39, 0.29) is 12.5 Å². The molecule has 6 heteroatoms. The topological polar surface area (TPSA) is 74.0 Å². The van der Waals surface area contributed by atoms with E-state index in [9.17, 15) is 4.79 Å². The van der Waals surface area contributed by atoms with Crippen molar-refractivity contribution in [3.05, 3.63) is 0 Å². The van der Waals surface area contributed by atoms with Gasteiger partial charge in [-0.1, -0.05) is 12.8 Å². The first-order valence-corrected chi connectivity index (χ1v) is 7.79. The molecule has 2 heterocycles. The number of carbonyl (C=O) groups is 1. The molecule has 0 radical (unpaired) electrons. The molecule has 0 aliphatic carbocycles. The molecule has 114 valence electrons. The number of nitrogens with one attached hydrogen (secondary N) is 1. The molecule has 0 atom stereocenters. The molecule has 20 heavy (non-hydrogen) atoms. The minimum Gasteiger partial charge on any atom is -0.370 e. The molecule has 0 aromatic carbocycles. The van der Waals surface area contributed by atoms with Gasteiger partial charge in [0.15, 0.2) is 5.96 Å². The van der Waals surface area contributed by atoms with Gasteiger partial charge >= 0.3 is 0 Å². The van der Waals surface area contributed by atoms with Crippen LogP contribution in [0.25, 0.3) is 0 Å². The lowest BCUT2D eigenvalue weighted by molar-refractivity contribution is -0.119. The van der Waals surface area contributed by atoms with Crippen molar-refractivity contribution >= 4 is 11.9 Å². The number of nitrogens with two attached hydrogens (primary N) is 1. The Bertz CT molecular complexity index is 332. The van der Waals surface area contributed by atoms with Crippen LogP contribution < -0.4 is 11.1 Å². The zero-order valence-corrected chi connectivity index (χ0v) is 12.3. The fraction of sp³-hybridized carbons (Fsp3) is 0.857. The van der Waals surface area contributed by atoms with E-state index in [2.05, 4.69) is 15.2 Å². The van der Waals surface area contributed by atoms with Crippen molar-refractivity contribution in [2.45, 2.75) is 32.1 Å². The SMILES string of the molecule is NC(=NCC(=O)NCCN1CCCCCC1)N1CCC1. The number of guanidine groups is 1. The van der Waals surface area contributed by atoms with Gasteiger partial charge in [0.05, 0.1) is 0 Å². The second-order valence-electron chi connectivity index (χ2n) is 5.62. The molecule has 0 spiro atoms. The van der Waals surface area contributed by atoms with Crippen LogP contribution >= 0.6 is 0 Å². The standard InChI is InChI=1S/C14H27N5O/c15-14(19-9-5-10-19)17-12-13(20)16-6-11-18-7-3-1-2-4-8-18/h1-12H2,(H2,15,17)(H,16,20). The summed E-state index contributed by atoms with van der Waals surface area (Å²) in [5.41, 5.74) is 5.78. The van der Waals surface area contributed by atoms with Crippen LogP contribution in [0.15, 0.2) is 4.99 Å². The van der Waals surface area contributed by atoms with Crippen molar-refractivity contribution in [1.29, 1.82) is 0 Å². The van der Waals surface area contributed by atoms with Crippen molar-refractivity contribution in [2.24, 2.45) is 10.7 Å². The highest BCUT2D eigenvalue weighted by atomic mass is 16.1. The number of hydrogen-bond donors (Lipinski definition) is 2. The molecule has 0 aromatic rings. The second-order valence-corrected chi connectivity index (χ2v) is 5.62. The summed E-state index contributed by atoms with van der Waals surface area (Å²) in [6.07, 6.45) is 6.41. The van der Waals surface area contributed by atoms with Gasteiger partial charge < -0.3 is 20.9 Å². The van der Waals surface area contributed by atoms with Crippen LogP contribution in [-0.2, 0) is 4.79 Å². The second kappa shape index (κ2) is 8.09. The molecule has 6 nitrogen and oxygen atoms in total. The molecule has 1 amide bonds. The van der Waals surface area contributed by atoms with Crippen LogP contribution in [0.3, 0.4) is 0 Å². The maximum atomic E-state index is 11.7. The van der Waals surface area contributed by atoms with Crippen LogP contribution in [0.2, 0.25) is 0 Å². The minimum atomic E-state index is -0.0386. The maximum Gasteiger partial charge on any atom is 0.241 e. The van der Waals surface area contributed by atoms with Crippen LogP contribution in [-0.4, -0.2) is 67.5 Å². The van der Waals surface area contributed by atoms with E-state index in [1.807, 2.05) is 4.90 Å². The molecule has 0 bridgehead atoms. The van der Waals surface area contributed by atoms with Crippen LogP contribution in [0.4, 0.5) is 0 Å². The Morgan fingerprint density at radius 2 is 1.75 bits per heavy atom. The van der Waals surface area contributed by atoms with Gasteiger partial charge in [-0.25, -0.2) is 4.99 Å². The lowest BCUT2D eigenvalue weighted by Crippen LogP contribution is -2.47. The van der Waals surface area contributed by atoms with Gasteiger partial charge in [-0.2, -0.15) is 0 Å². The molecule has 2 saturated heterocycles. The third-order valence-electron chi connectivity index (χ3n) is 4.01. The number of hydrogen-bond acceptors (Lipinski definition) is 3. The van der Waals surface area contributed by atoms with Crippen molar-refractivity contribution in [2.75, 3.05) is 45.8 Å². The van der Waals surface area contributed by atoms with Gasteiger partial charge in [-0.3, -0.25) is 4.79 Å². The van der Waals surface area contributed by atoms with E-state index in [1.54, 1.807) is 0 Å². The highest BCUT2D eigenvalue weighted by Gasteiger charge is 2.15. The lowest BCUT2D eigenvalue weighted by Gasteiger charge is -2.31. The van der Waals surface area contributed by atoms with E-state index in [0.29, 0.717) is 12.5 Å². The molecule has 0 unspecified atom stereocenters. The van der Waals surface area contributed by atoms with Crippen molar-refractivity contribution in [1.82, 2.24) is 15.1 Å². The Labute approximate surface area is 121 Å². The van der Waals surface area contributed by atoms with E-state index in [4.69, 9.17) is 5.73 Å². The average Bonchev–Trinajstić information content (AvgIpc) is 2.63. The van der Waals surface area contributed by atoms with Crippen LogP contribution in [0.5, 0.6) is 0 Å². The zero-order valence-electron chi connectivity index (χ0n) is 12.3. The third-order valence-corrected chi connectivity index (χ3v) is 4.01.